The zero-order chi connectivity index (χ0) is 8.27. The Morgan fingerprint density at radius 1 is 1.73 bits per heavy atom. The number of rotatable bonds is 1. The summed E-state index contributed by atoms with van der Waals surface area (Å²) in [5.41, 5.74) is 4.90. The minimum absolute atomic E-state index is 0.0449. The van der Waals surface area contributed by atoms with Crippen molar-refractivity contribution >= 4 is 23.0 Å². The summed E-state index contributed by atoms with van der Waals surface area (Å²) in [4.78, 5) is 10.8. The van der Waals surface area contributed by atoms with Crippen LogP contribution in [0, 0.1) is 0 Å². The molecular weight excluding hydrogens is 164 g/mol. The zero-order valence-corrected chi connectivity index (χ0v) is 6.35. The van der Waals surface area contributed by atoms with Crippen LogP contribution in [0.4, 0.5) is 5.69 Å². The molecule has 0 bridgehead atoms. The van der Waals surface area contributed by atoms with Gasteiger partial charge in [-0.05, 0) is 24.4 Å². The highest BCUT2D eigenvalue weighted by molar-refractivity contribution is 7.80. The Bertz CT molecular complexity index is 320. The molecule has 4 nitrogen and oxygen atoms in total. The Morgan fingerprint density at radius 3 is 3.00 bits per heavy atom. The van der Waals surface area contributed by atoms with Gasteiger partial charge in [0, 0.05) is 0 Å². The smallest absolute Gasteiger partial charge is 0.359 e. The highest BCUT2D eigenvalue weighted by Crippen LogP contribution is 1.95. The summed E-state index contributed by atoms with van der Waals surface area (Å²) in [5, 5.41) is 2.52. The molecule has 5 heteroatoms. The second kappa shape index (κ2) is 3.16. The number of anilines is 1. The highest BCUT2D eigenvalue weighted by Gasteiger charge is 1.97. The summed E-state index contributed by atoms with van der Waals surface area (Å²) in [6.07, 6.45) is 1.28. The van der Waals surface area contributed by atoms with Crippen molar-refractivity contribution in [3.05, 3.63) is 28.8 Å². The van der Waals surface area contributed by atoms with Crippen LogP contribution < -0.4 is 16.7 Å². The van der Waals surface area contributed by atoms with Crippen LogP contribution in [-0.2, 0) is 0 Å². The summed E-state index contributed by atoms with van der Waals surface area (Å²) in [6, 6.07) is 3.10. The first-order chi connectivity index (χ1) is 5.20. The second-order valence-corrected chi connectivity index (χ2v) is 2.24. The molecule has 0 unspecified atom stereocenters. The third-order valence-electron chi connectivity index (χ3n) is 0.994. The molecule has 0 amide bonds. The number of thiocarbonyl (C=S) groups is 1. The predicted octanol–water partition coefficient (Wildman–Crippen LogP) is 0.295. The summed E-state index contributed by atoms with van der Waals surface area (Å²) >= 11 is 4.52. The normalized spacial score (nSPS) is 9.09. The van der Waals surface area contributed by atoms with Crippen molar-refractivity contribution in [1.29, 1.82) is 0 Å². The fraction of sp³-hybridized carbons (Fsp3) is 0. The summed E-state index contributed by atoms with van der Waals surface area (Å²) in [5.74, 6) is 0. The van der Waals surface area contributed by atoms with Gasteiger partial charge in [-0.3, -0.25) is 0 Å². The van der Waals surface area contributed by atoms with Gasteiger partial charge in [0.15, 0.2) is 5.11 Å². The molecule has 0 saturated carbocycles. The molecule has 0 saturated heterocycles. The van der Waals surface area contributed by atoms with Gasteiger partial charge in [-0.25, -0.2) is 4.79 Å². The van der Waals surface area contributed by atoms with Crippen LogP contribution in [0.2, 0.25) is 0 Å². The van der Waals surface area contributed by atoms with Gasteiger partial charge in [-0.1, -0.05) is 0 Å². The van der Waals surface area contributed by atoms with E-state index in [1.807, 2.05) is 0 Å². The summed E-state index contributed by atoms with van der Waals surface area (Å²) in [7, 11) is 0. The number of hydrogen-bond donors (Lipinski definition) is 2. The van der Waals surface area contributed by atoms with Gasteiger partial charge in [0.1, 0.15) is 5.69 Å². The molecule has 0 spiro atoms. The van der Waals surface area contributed by atoms with Crippen molar-refractivity contribution in [1.82, 2.24) is 0 Å². The Kier molecular flexibility index (Phi) is 2.22. The summed E-state index contributed by atoms with van der Waals surface area (Å²) < 4.78 is 4.53. The Morgan fingerprint density at radius 2 is 2.45 bits per heavy atom. The molecule has 1 heterocycles. The molecule has 0 atom stereocenters. The SMILES string of the molecule is NC(=S)Nc1cccoc1=O. The maximum absolute atomic E-state index is 10.8. The Labute approximate surface area is 68.0 Å². The minimum Gasteiger partial charge on any atom is -0.430 e. The van der Waals surface area contributed by atoms with Gasteiger partial charge in [-0.15, -0.1) is 0 Å². The van der Waals surface area contributed by atoms with Crippen LogP contribution in [0.5, 0.6) is 0 Å². The molecule has 0 fully saturated rings. The average Bonchev–Trinajstić information content (AvgIpc) is 1.93. The number of nitrogens with two attached hydrogens (primary N) is 1. The molecule has 0 aliphatic heterocycles. The zero-order valence-electron chi connectivity index (χ0n) is 5.53. The van der Waals surface area contributed by atoms with Crippen LogP contribution >= 0.6 is 12.2 Å². The van der Waals surface area contributed by atoms with Crippen molar-refractivity contribution in [2.24, 2.45) is 5.73 Å². The van der Waals surface area contributed by atoms with E-state index in [2.05, 4.69) is 22.0 Å². The maximum Gasteiger partial charge on any atom is 0.359 e. The molecule has 0 aliphatic rings. The number of hydrogen-bond acceptors (Lipinski definition) is 3. The quantitative estimate of drug-likeness (QED) is 0.593. The molecule has 1 aromatic rings. The first-order valence-electron chi connectivity index (χ1n) is 2.84. The van der Waals surface area contributed by atoms with Gasteiger partial charge in [0.2, 0.25) is 0 Å². The lowest BCUT2D eigenvalue weighted by molar-refractivity contribution is 0.514. The van der Waals surface area contributed by atoms with Gasteiger partial charge < -0.3 is 15.5 Å². The first-order valence-corrected chi connectivity index (χ1v) is 3.25. The lowest BCUT2D eigenvalue weighted by atomic mass is 10.4. The Hall–Kier alpha value is -1.36. The van der Waals surface area contributed by atoms with Gasteiger partial charge >= 0.3 is 5.63 Å². The third kappa shape index (κ3) is 2.05. The molecule has 58 valence electrons. The van der Waals surface area contributed by atoms with E-state index in [4.69, 9.17) is 5.73 Å². The van der Waals surface area contributed by atoms with E-state index in [1.54, 1.807) is 6.07 Å². The van der Waals surface area contributed by atoms with Gasteiger partial charge in [0.05, 0.1) is 6.26 Å². The lowest BCUT2D eigenvalue weighted by Crippen LogP contribution is -2.22. The molecular formula is C6H6N2O2S. The minimum atomic E-state index is -0.486. The number of nitrogens with one attached hydrogen (secondary N) is 1. The van der Waals surface area contributed by atoms with E-state index in [1.165, 1.54) is 12.3 Å². The van der Waals surface area contributed by atoms with Crippen LogP contribution in [-0.4, -0.2) is 5.11 Å². The van der Waals surface area contributed by atoms with Crippen molar-refractivity contribution in [2.75, 3.05) is 5.32 Å². The van der Waals surface area contributed by atoms with Gasteiger partial charge in [0.25, 0.3) is 0 Å². The molecule has 3 N–H and O–H groups in total. The van der Waals surface area contributed by atoms with E-state index in [0.29, 0.717) is 0 Å². The van der Waals surface area contributed by atoms with E-state index in [-0.39, 0.29) is 10.8 Å². The molecule has 11 heavy (non-hydrogen) atoms. The second-order valence-electron chi connectivity index (χ2n) is 1.80. The topological polar surface area (TPSA) is 68.3 Å². The molecule has 0 aliphatic carbocycles. The van der Waals surface area contributed by atoms with Crippen molar-refractivity contribution < 1.29 is 4.42 Å². The predicted molar refractivity (Wildman–Crippen MR) is 45.4 cm³/mol. The van der Waals surface area contributed by atoms with Crippen molar-refractivity contribution in [3.63, 3.8) is 0 Å². The first kappa shape index (κ1) is 7.74. The van der Waals surface area contributed by atoms with E-state index in [9.17, 15) is 4.79 Å². The van der Waals surface area contributed by atoms with Crippen LogP contribution in [0.1, 0.15) is 0 Å². The van der Waals surface area contributed by atoms with Crippen LogP contribution in [0.25, 0.3) is 0 Å². The third-order valence-corrected chi connectivity index (χ3v) is 1.10. The molecule has 1 aromatic heterocycles. The van der Waals surface area contributed by atoms with Gasteiger partial charge in [-0.2, -0.15) is 0 Å². The van der Waals surface area contributed by atoms with Crippen LogP contribution in [0.15, 0.2) is 27.6 Å². The molecule has 0 radical (unpaired) electrons. The highest BCUT2D eigenvalue weighted by atomic mass is 32.1. The van der Waals surface area contributed by atoms with Crippen molar-refractivity contribution in [3.8, 4) is 0 Å². The lowest BCUT2D eigenvalue weighted by Gasteiger charge is -1.98. The Balaban J connectivity index is 2.95. The molecule has 0 aromatic carbocycles. The summed E-state index contributed by atoms with van der Waals surface area (Å²) in [6.45, 7) is 0. The standard InChI is InChI=1S/C6H6N2O2S/c7-6(11)8-4-2-1-3-10-5(4)9/h1-3H,(H3,7,8,11). The van der Waals surface area contributed by atoms with Crippen LogP contribution in [0.3, 0.4) is 0 Å². The van der Waals surface area contributed by atoms with E-state index >= 15 is 0 Å². The van der Waals surface area contributed by atoms with E-state index in [0.717, 1.165) is 0 Å². The monoisotopic (exact) mass is 170 g/mol. The van der Waals surface area contributed by atoms with Crippen molar-refractivity contribution in [2.45, 2.75) is 0 Å². The largest absolute Gasteiger partial charge is 0.430 e. The fourth-order valence-electron chi connectivity index (χ4n) is 0.594. The van der Waals surface area contributed by atoms with E-state index < -0.39 is 5.63 Å². The fourth-order valence-corrected chi connectivity index (χ4v) is 0.703. The molecule has 1 rings (SSSR count). The maximum atomic E-state index is 10.8. The average molecular weight is 170 g/mol.